The summed E-state index contributed by atoms with van der Waals surface area (Å²) in [5.74, 6) is 0.0514. The Hall–Kier alpha value is -4.20. The number of carbonyl (C=O) groups is 2. The second kappa shape index (κ2) is 8.14. The molecule has 0 saturated heterocycles. The van der Waals surface area contributed by atoms with Crippen molar-refractivity contribution in [3.05, 3.63) is 83.9 Å². The average molecular weight is 427 g/mol. The predicted octanol–water partition coefficient (Wildman–Crippen LogP) is 2.63. The fraction of sp³-hybridized carbons (Fsp3) is 0.167. The molecule has 0 fully saturated rings. The first-order valence-electron chi connectivity index (χ1n) is 10.3. The van der Waals surface area contributed by atoms with E-state index in [-0.39, 0.29) is 18.4 Å². The van der Waals surface area contributed by atoms with Crippen molar-refractivity contribution in [1.82, 2.24) is 20.3 Å². The fourth-order valence-electron chi connectivity index (χ4n) is 3.84. The lowest BCUT2D eigenvalue weighted by Gasteiger charge is -2.34. The molecule has 4 aromatic rings. The Kier molecular flexibility index (Phi) is 5.03. The summed E-state index contributed by atoms with van der Waals surface area (Å²) >= 11 is 0. The highest BCUT2D eigenvalue weighted by Gasteiger charge is 2.33. The number of hydrogen-bond donors (Lipinski definition) is 1. The third-order valence-corrected chi connectivity index (χ3v) is 5.51. The Balaban J connectivity index is 1.39. The molecule has 0 radical (unpaired) electrons. The topological polar surface area (TPSA) is 89.4 Å². The maximum absolute atomic E-state index is 13.3. The number of likely N-dealkylation sites (N-methyl/N-ethyl adjacent to an activating group) is 1. The highest BCUT2D eigenvalue weighted by atomic mass is 16.5. The zero-order valence-corrected chi connectivity index (χ0v) is 17.4. The molecule has 1 unspecified atom stereocenters. The number of anilines is 1. The zero-order chi connectivity index (χ0) is 22.1. The molecule has 1 aliphatic rings. The van der Waals surface area contributed by atoms with Gasteiger partial charge in [0.2, 0.25) is 0 Å². The summed E-state index contributed by atoms with van der Waals surface area (Å²) in [5.41, 5.74) is 3.98. The van der Waals surface area contributed by atoms with Gasteiger partial charge in [0, 0.05) is 12.6 Å². The molecular formula is C24H21N5O3. The van der Waals surface area contributed by atoms with E-state index in [4.69, 9.17) is 4.74 Å². The summed E-state index contributed by atoms with van der Waals surface area (Å²) in [6.45, 7) is 0.691. The molecule has 0 saturated carbocycles. The van der Waals surface area contributed by atoms with Crippen LogP contribution in [0.25, 0.3) is 11.0 Å². The Morgan fingerprint density at radius 2 is 1.78 bits per heavy atom. The predicted molar refractivity (Wildman–Crippen MR) is 120 cm³/mol. The Bertz CT molecular complexity index is 1300. The quantitative estimate of drug-likeness (QED) is 0.541. The first-order chi connectivity index (χ1) is 15.6. The number of nitrogens with one attached hydrogen (secondary N) is 1. The normalized spacial score (nSPS) is 15.2. The van der Waals surface area contributed by atoms with Crippen molar-refractivity contribution in [2.24, 2.45) is 0 Å². The van der Waals surface area contributed by atoms with E-state index in [9.17, 15) is 9.59 Å². The van der Waals surface area contributed by atoms with E-state index >= 15 is 0 Å². The number of nitrogens with zero attached hydrogens (tertiary/aromatic N) is 4. The van der Waals surface area contributed by atoms with Crippen LogP contribution in [0.3, 0.4) is 0 Å². The van der Waals surface area contributed by atoms with E-state index in [0.29, 0.717) is 23.5 Å². The van der Waals surface area contributed by atoms with Crippen LogP contribution < -0.4 is 15.0 Å². The number of carbonyl (C=O) groups excluding carboxylic acids is 2. The van der Waals surface area contributed by atoms with E-state index in [1.54, 1.807) is 30.1 Å². The molecule has 8 nitrogen and oxygen atoms in total. The minimum absolute atomic E-state index is 0.141. The van der Waals surface area contributed by atoms with Gasteiger partial charge in [-0.1, -0.05) is 41.6 Å². The number of para-hydroxylation sites is 3. The number of aromatic nitrogens is 3. The second-order valence-electron chi connectivity index (χ2n) is 7.54. The molecule has 32 heavy (non-hydrogen) atoms. The summed E-state index contributed by atoms with van der Waals surface area (Å²) in [6.07, 6.45) is -0.765. The van der Waals surface area contributed by atoms with Gasteiger partial charge in [-0.05, 0) is 42.0 Å². The van der Waals surface area contributed by atoms with Crippen LogP contribution in [-0.4, -0.2) is 46.5 Å². The highest BCUT2D eigenvalue weighted by molar-refractivity contribution is 6.07. The van der Waals surface area contributed by atoms with Crippen molar-refractivity contribution in [3.63, 3.8) is 0 Å². The number of hydrogen-bond acceptors (Lipinski definition) is 5. The zero-order valence-electron chi connectivity index (χ0n) is 17.4. The van der Waals surface area contributed by atoms with Crippen LogP contribution in [0, 0.1) is 0 Å². The van der Waals surface area contributed by atoms with Gasteiger partial charge in [-0.25, -0.2) is 4.68 Å². The number of amides is 2. The van der Waals surface area contributed by atoms with Crippen LogP contribution in [0.15, 0.2) is 72.8 Å². The van der Waals surface area contributed by atoms with Gasteiger partial charge in [-0.2, -0.15) is 0 Å². The summed E-state index contributed by atoms with van der Waals surface area (Å²) in [7, 11) is 1.55. The SMILES string of the molecule is CNC(=O)C1CN(C(=O)c2ccc(Cn3nnc4ccccc43)cc2)c2ccccc2O1. The van der Waals surface area contributed by atoms with Crippen LogP contribution >= 0.6 is 0 Å². The fourth-order valence-corrected chi connectivity index (χ4v) is 3.84. The van der Waals surface area contributed by atoms with Crippen LogP contribution in [-0.2, 0) is 11.3 Å². The molecule has 1 aromatic heterocycles. The lowest BCUT2D eigenvalue weighted by atomic mass is 10.1. The largest absolute Gasteiger partial charge is 0.477 e. The van der Waals surface area contributed by atoms with E-state index in [1.807, 2.05) is 59.3 Å². The average Bonchev–Trinajstić information content (AvgIpc) is 3.25. The van der Waals surface area contributed by atoms with Crippen LogP contribution in [0.1, 0.15) is 15.9 Å². The van der Waals surface area contributed by atoms with Gasteiger partial charge in [0.05, 0.1) is 24.3 Å². The van der Waals surface area contributed by atoms with Crippen molar-refractivity contribution < 1.29 is 14.3 Å². The summed E-state index contributed by atoms with van der Waals surface area (Å²) < 4.78 is 7.62. The first kappa shape index (κ1) is 19.7. The molecule has 1 aliphatic heterocycles. The maximum atomic E-state index is 13.3. The van der Waals surface area contributed by atoms with Gasteiger partial charge in [-0.3, -0.25) is 9.59 Å². The molecule has 3 aromatic carbocycles. The van der Waals surface area contributed by atoms with Crippen molar-refractivity contribution in [1.29, 1.82) is 0 Å². The number of benzene rings is 3. The molecule has 0 aliphatic carbocycles. The molecule has 2 heterocycles. The smallest absolute Gasteiger partial charge is 0.262 e. The standard InChI is InChI=1S/C24H21N5O3/c1-25-23(30)22-15-28(20-8-4-5-9-21(20)32-22)24(31)17-12-10-16(11-13-17)14-29-19-7-3-2-6-18(19)26-27-29/h2-13,22H,14-15H2,1H3,(H,25,30). The van der Waals surface area contributed by atoms with Crippen LogP contribution in [0.4, 0.5) is 5.69 Å². The van der Waals surface area contributed by atoms with Gasteiger partial charge >= 0.3 is 0 Å². The number of rotatable bonds is 4. The Morgan fingerprint density at radius 3 is 2.59 bits per heavy atom. The first-order valence-corrected chi connectivity index (χ1v) is 10.3. The molecule has 5 rings (SSSR count). The molecular weight excluding hydrogens is 406 g/mol. The monoisotopic (exact) mass is 427 g/mol. The van der Waals surface area contributed by atoms with E-state index in [0.717, 1.165) is 16.6 Å². The second-order valence-corrected chi connectivity index (χ2v) is 7.54. The third-order valence-electron chi connectivity index (χ3n) is 5.51. The number of fused-ring (bicyclic) bond motifs is 2. The van der Waals surface area contributed by atoms with Crippen molar-refractivity contribution in [3.8, 4) is 5.75 Å². The Morgan fingerprint density at radius 1 is 1.03 bits per heavy atom. The maximum Gasteiger partial charge on any atom is 0.262 e. The summed E-state index contributed by atoms with van der Waals surface area (Å²) in [5, 5.41) is 11.0. The minimum atomic E-state index is -0.765. The van der Waals surface area contributed by atoms with E-state index in [2.05, 4.69) is 15.6 Å². The van der Waals surface area contributed by atoms with Gasteiger partial charge in [-0.15, -0.1) is 5.10 Å². The van der Waals surface area contributed by atoms with Crippen LogP contribution in [0.2, 0.25) is 0 Å². The van der Waals surface area contributed by atoms with Gasteiger partial charge in [0.25, 0.3) is 11.8 Å². The van der Waals surface area contributed by atoms with Crippen molar-refractivity contribution in [2.45, 2.75) is 12.6 Å². The summed E-state index contributed by atoms with van der Waals surface area (Å²) in [4.78, 5) is 27.1. The third kappa shape index (κ3) is 3.56. The van der Waals surface area contributed by atoms with Crippen LogP contribution in [0.5, 0.6) is 5.75 Å². The lowest BCUT2D eigenvalue weighted by molar-refractivity contribution is -0.127. The minimum Gasteiger partial charge on any atom is -0.477 e. The van der Waals surface area contributed by atoms with E-state index < -0.39 is 6.10 Å². The molecule has 0 bridgehead atoms. The molecule has 160 valence electrons. The van der Waals surface area contributed by atoms with Crippen molar-refractivity contribution in [2.75, 3.05) is 18.5 Å². The molecule has 1 N–H and O–H groups in total. The highest BCUT2D eigenvalue weighted by Crippen LogP contribution is 2.34. The van der Waals surface area contributed by atoms with Gasteiger partial charge in [0.1, 0.15) is 11.3 Å². The summed E-state index contributed by atoms with van der Waals surface area (Å²) in [6, 6.07) is 22.4. The molecule has 1 atom stereocenters. The van der Waals surface area contributed by atoms with Gasteiger partial charge < -0.3 is 15.0 Å². The number of ether oxygens (including phenoxy) is 1. The molecule has 2 amide bonds. The molecule has 8 heteroatoms. The van der Waals surface area contributed by atoms with Gasteiger partial charge in [0.15, 0.2) is 6.10 Å². The van der Waals surface area contributed by atoms with Crippen molar-refractivity contribution >= 4 is 28.5 Å². The molecule has 0 spiro atoms. The van der Waals surface area contributed by atoms with E-state index in [1.165, 1.54) is 0 Å². The lowest BCUT2D eigenvalue weighted by Crippen LogP contribution is -2.50. The Labute approximate surface area is 184 Å².